The number of anilines is 2. The molecule has 2 aliphatic rings. The number of rotatable bonds is 5. The van der Waals surface area contributed by atoms with Crippen molar-refractivity contribution in [2.45, 2.75) is 68.3 Å². The van der Waals surface area contributed by atoms with Crippen LogP contribution in [-0.4, -0.2) is 45.9 Å². The van der Waals surface area contributed by atoms with Gasteiger partial charge in [0, 0.05) is 13.2 Å². The van der Waals surface area contributed by atoms with E-state index in [1.54, 1.807) is 58.0 Å². The second-order valence-electron chi connectivity index (χ2n) is 10.1. The van der Waals surface area contributed by atoms with Crippen LogP contribution in [0.25, 0.3) is 0 Å². The Morgan fingerprint density at radius 2 is 1.72 bits per heavy atom. The molecule has 0 bridgehead atoms. The smallest absolute Gasteiger partial charge is 0.419 e. The van der Waals surface area contributed by atoms with Crippen LogP contribution >= 0.6 is 0 Å². The second kappa shape index (κ2) is 10.2. The van der Waals surface area contributed by atoms with Crippen molar-refractivity contribution in [3.05, 3.63) is 48.0 Å². The lowest BCUT2D eigenvalue weighted by Gasteiger charge is -2.33. The molecule has 9 heteroatoms. The number of benzene rings is 2. The molecule has 0 aliphatic carbocycles. The number of fused-ring (bicyclic) bond motifs is 2. The first-order valence-electron chi connectivity index (χ1n) is 12.3. The van der Waals surface area contributed by atoms with Crippen molar-refractivity contribution in [3.63, 3.8) is 0 Å². The number of nitrogens with zero attached hydrogens (tertiary/aromatic N) is 1. The van der Waals surface area contributed by atoms with E-state index in [4.69, 9.17) is 14.2 Å². The van der Waals surface area contributed by atoms with Gasteiger partial charge < -0.3 is 14.2 Å². The molecule has 8 nitrogen and oxygen atoms in total. The molecule has 1 unspecified atom stereocenters. The Morgan fingerprint density at radius 3 is 2.39 bits per heavy atom. The van der Waals surface area contributed by atoms with Gasteiger partial charge in [0.2, 0.25) is 9.84 Å². The number of hydrogen-bond acceptors (Lipinski definition) is 7. The van der Waals surface area contributed by atoms with Crippen LogP contribution < -0.4 is 4.90 Å². The zero-order valence-electron chi connectivity index (χ0n) is 21.2. The molecule has 2 aliphatic heterocycles. The van der Waals surface area contributed by atoms with E-state index in [1.807, 2.05) is 0 Å². The molecule has 36 heavy (non-hydrogen) atoms. The summed E-state index contributed by atoms with van der Waals surface area (Å²) in [5, 5.41) is 0. The minimum Gasteiger partial charge on any atom is -0.466 e. The number of carbonyl (C=O) groups is 2. The van der Waals surface area contributed by atoms with E-state index in [-0.39, 0.29) is 39.7 Å². The van der Waals surface area contributed by atoms with Crippen molar-refractivity contribution >= 4 is 33.3 Å². The molecule has 0 saturated carbocycles. The van der Waals surface area contributed by atoms with Crippen LogP contribution in [0.4, 0.5) is 16.2 Å². The molecule has 2 aromatic carbocycles. The number of hydrogen-bond donors (Lipinski definition) is 0. The van der Waals surface area contributed by atoms with Crippen LogP contribution in [0.2, 0.25) is 0 Å². The van der Waals surface area contributed by atoms with E-state index in [1.165, 1.54) is 17.0 Å². The molecule has 1 atom stereocenters. The number of amides is 1. The van der Waals surface area contributed by atoms with Gasteiger partial charge in [0.15, 0.2) is 0 Å². The highest BCUT2D eigenvalue weighted by atomic mass is 32.2. The Kier molecular flexibility index (Phi) is 7.43. The maximum atomic E-state index is 13.5. The number of carbonyl (C=O) groups excluding carboxylic acids is 2. The number of esters is 1. The highest BCUT2D eigenvalue weighted by Crippen LogP contribution is 2.46. The molecule has 4 rings (SSSR count). The van der Waals surface area contributed by atoms with Crippen molar-refractivity contribution in [2.24, 2.45) is 5.92 Å². The molecule has 0 spiro atoms. The Bertz CT molecular complexity index is 1240. The molecule has 1 amide bonds. The van der Waals surface area contributed by atoms with Crippen LogP contribution in [0.5, 0.6) is 0 Å². The van der Waals surface area contributed by atoms with Gasteiger partial charge in [-0.3, -0.25) is 4.79 Å². The summed E-state index contributed by atoms with van der Waals surface area (Å²) in [5.74, 6) is -0.693. The highest BCUT2D eigenvalue weighted by Gasteiger charge is 2.40. The van der Waals surface area contributed by atoms with Gasteiger partial charge in [-0.2, -0.15) is 0 Å². The normalized spacial score (nSPS) is 18.1. The van der Waals surface area contributed by atoms with Crippen LogP contribution in [0, 0.1) is 5.92 Å². The third-order valence-corrected chi connectivity index (χ3v) is 8.22. The van der Waals surface area contributed by atoms with Gasteiger partial charge in [-0.25, -0.2) is 18.1 Å². The molecule has 2 aromatic rings. The summed E-state index contributed by atoms with van der Waals surface area (Å²) in [4.78, 5) is 27.7. The third kappa shape index (κ3) is 5.27. The molecule has 1 saturated heterocycles. The largest absolute Gasteiger partial charge is 0.466 e. The summed E-state index contributed by atoms with van der Waals surface area (Å²) >= 11 is 0. The molecule has 0 radical (unpaired) electrons. The van der Waals surface area contributed by atoms with Gasteiger partial charge >= 0.3 is 12.1 Å². The highest BCUT2D eigenvalue weighted by molar-refractivity contribution is 7.92. The summed E-state index contributed by atoms with van der Waals surface area (Å²) in [6.45, 7) is 8.53. The predicted octanol–water partition coefficient (Wildman–Crippen LogP) is 5.37. The molecule has 194 valence electrons. The fourth-order valence-electron chi connectivity index (χ4n) is 4.70. The first-order valence-corrected chi connectivity index (χ1v) is 13.8. The number of para-hydroxylation sites is 1. The summed E-state index contributed by atoms with van der Waals surface area (Å²) in [6.07, 6.45) is 1.54. The van der Waals surface area contributed by atoms with Crippen molar-refractivity contribution in [3.8, 4) is 0 Å². The average molecular weight is 516 g/mol. The molecule has 0 aromatic heterocycles. The zero-order valence-corrected chi connectivity index (χ0v) is 22.0. The lowest BCUT2D eigenvalue weighted by atomic mass is 9.85. The molecule has 1 fully saturated rings. The first kappa shape index (κ1) is 26.2. The second-order valence-corrected chi connectivity index (χ2v) is 12.0. The monoisotopic (exact) mass is 515 g/mol. The maximum absolute atomic E-state index is 13.5. The van der Waals surface area contributed by atoms with Gasteiger partial charge in [-0.05, 0) is 82.7 Å². The Morgan fingerprint density at radius 1 is 1.06 bits per heavy atom. The van der Waals surface area contributed by atoms with Crippen molar-refractivity contribution in [2.75, 3.05) is 24.7 Å². The van der Waals surface area contributed by atoms with Crippen LogP contribution in [0.15, 0.2) is 52.3 Å². The number of ether oxygens (including phenoxy) is 3. The SMILES string of the molecule is CCOC(=O)C(CC1CCOCC1)c1ccc2c(c1)N(C(=O)OC(C)(C)C)c1ccccc1S2(=O)=O. The molecule has 0 N–H and O–H groups in total. The van der Waals surface area contributed by atoms with Gasteiger partial charge in [0.1, 0.15) is 5.60 Å². The van der Waals surface area contributed by atoms with Gasteiger partial charge in [0.05, 0.1) is 33.7 Å². The summed E-state index contributed by atoms with van der Waals surface area (Å²) in [6, 6.07) is 11.1. The molecular formula is C27H33NO7S. The van der Waals surface area contributed by atoms with E-state index in [0.717, 1.165) is 12.8 Å². The summed E-state index contributed by atoms with van der Waals surface area (Å²) in [5.41, 5.74) is 0.188. The third-order valence-electron chi connectivity index (χ3n) is 6.37. The Hall–Kier alpha value is -2.91. The van der Waals surface area contributed by atoms with Crippen LogP contribution in [0.3, 0.4) is 0 Å². The Labute approximate surface area is 212 Å². The quantitative estimate of drug-likeness (QED) is 0.494. The fourth-order valence-corrected chi connectivity index (χ4v) is 6.30. The first-order chi connectivity index (χ1) is 17.0. The molecule has 2 heterocycles. The van der Waals surface area contributed by atoms with Gasteiger partial charge in [-0.15, -0.1) is 0 Å². The molecular weight excluding hydrogens is 482 g/mol. The van der Waals surface area contributed by atoms with Gasteiger partial charge in [-0.1, -0.05) is 18.2 Å². The minimum absolute atomic E-state index is 0.00974. The minimum atomic E-state index is -3.89. The lowest BCUT2D eigenvalue weighted by Crippen LogP contribution is -2.37. The predicted molar refractivity (Wildman–Crippen MR) is 134 cm³/mol. The van der Waals surface area contributed by atoms with E-state index in [2.05, 4.69) is 0 Å². The van der Waals surface area contributed by atoms with Crippen molar-refractivity contribution in [1.29, 1.82) is 0 Å². The van der Waals surface area contributed by atoms with E-state index < -0.39 is 27.4 Å². The topological polar surface area (TPSA) is 99.2 Å². The summed E-state index contributed by atoms with van der Waals surface area (Å²) in [7, 11) is -3.89. The van der Waals surface area contributed by atoms with Crippen molar-refractivity contribution in [1.82, 2.24) is 0 Å². The number of sulfone groups is 1. The van der Waals surface area contributed by atoms with E-state index >= 15 is 0 Å². The standard InChI is InChI=1S/C27H33NO7S/c1-5-34-25(29)20(16-18-12-14-33-15-13-18)19-10-11-24-22(17-19)28(26(30)35-27(2,3)4)21-8-6-7-9-23(21)36(24,31)32/h6-11,17-18,20H,5,12-16H2,1-4H3. The summed E-state index contributed by atoms with van der Waals surface area (Å²) < 4.78 is 43.5. The van der Waals surface area contributed by atoms with Crippen LogP contribution in [0.1, 0.15) is 58.4 Å². The average Bonchev–Trinajstić information content (AvgIpc) is 2.82. The van der Waals surface area contributed by atoms with E-state index in [0.29, 0.717) is 25.2 Å². The van der Waals surface area contributed by atoms with Crippen molar-refractivity contribution < 1.29 is 32.2 Å². The zero-order chi connectivity index (χ0) is 26.1. The van der Waals surface area contributed by atoms with E-state index in [9.17, 15) is 18.0 Å². The Balaban J connectivity index is 1.83. The van der Waals surface area contributed by atoms with Gasteiger partial charge in [0.25, 0.3) is 0 Å². The van der Waals surface area contributed by atoms with Crippen LogP contribution in [-0.2, 0) is 28.8 Å². The fraction of sp³-hybridized carbons (Fsp3) is 0.481. The lowest BCUT2D eigenvalue weighted by molar-refractivity contribution is -0.145. The maximum Gasteiger partial charge on any atom is 0.419 e.